The van der Waals surface area contributed by atoms with E-state index in [4.69, 9.17) is 0 Å². The Morgan fingerprint density at radius 3 is 2.53 bits per heavy atom. The van der Waals surface area contributed by atoms with Crippen molar-refractivity contribution in [3.63, 3.8) is 0 Å². The highest BCUT2D eigenvalue weighted by Crippen LogP contribution is 2.39. The van der Waals surface area contributed by atoms with Crippen LogP contribution in [0.25, 0.3) is 21.3 Å². The van der Waals surface area contributed by atoms with Crippen molar-refractivity contribution >= 4 is 44.9 Å². The molecule has 4 aromatic rings. The predicted molar refractivity (Wildman–Crippen MR) is 118 cm³/mol. The number of fused-ring (bicyclic) bond motifs is 1. The number of alkyl halides is 3. The molecule has 2 aromatic carbocycles. The zero-order valence-corrected chi connectivity index (χ0v) is 18.1. The summed E-state index contributed by atoms with van der Waals surface area (Å²) in [6.45, 7) is 1.59. The molecule has 0 saturated carbocycles. The van der Waals surface area contributed by atoms with Crippen LogP contribution in [0.4, 0.5) is 23.2 Å². The number of hydrogen-bond acceptors (Lipinski definition) is 5. The molecule has 2 heterocycles. The highest BCUT2D eigenvalue weighted by molar-refractivity contribution is 8.00. The van der Waals surface area contributed by atoms with Gasteiger partial charge < -0.3 is 5.32 Å². The number of thiophene rings is 1. The van der Waals surface area contributed by atoms with Gasteiger partial charge >= 0.3 is 6.18 Å². The lowest BCUT2D eigenvalue weighted by Crippen LogP contribution is -2.24. The molecule has 4 rings (SSSR count). The smallest absolute Gasteiger partial charge is 0.325 e. The molecule has 0 aliphatic heterocycles. The average molecular weight is 478 g/mol. The Hall–Kier alpha value is -2.98. The molecular weight excluding hydrogens is 462 g/mol. The summed E-state index contributed by atoms with van der Waals surface area (Å²) >= 11 is 2.50. The van der Waals surface area contributed by atoms with Crippen LogP contribution in [0.5, 0.6) is 0 Å². The van der Waals surface area contributed by atoms with E-state index in [0.29, 0.717) is 15.2 Å². The Labute approximate surface area is 188 Å². The molecule has 1 atom stereocenters. The van der Waals surface area contributed by atoms with Gasteiger partial charge in [-0.05, 0) is 36.8 Å². The molecule has 10 heteroatoms. The molecule has 0 aliphatic carbocycles. The number of thioether (sulfide) groups is 1. The Morgan fingerprint density at radius 2 is 1.81 bits per heavy atom. The van der Waals surface area contributed by atoms with Gasteiger partial charge in [-0.15, -0.1) is 11.3 Å². The van der Waals surface area contributed by atoms with Gasteiger partial charge in [0, 0.05) is 10.9 Å². The van der Waals surface area contributed by atoms with Crippen molar-refractivity contribution in [3.8, 4) is 11.1 Å². The van der Waals surface area contributed by atoms with Gasteiger partial charge in [0.05, 0.1) is 21.9 Å². The zero-order valence-electron chi connectivity index (χ0n) is 16.5. The van der Waals surface area contributed by atoms with Gasteiger partial charge in [-0.3, -0.25) is 4.79 Å². The van der Waals surface area contributed by atoms with Crippen LogP contribution in [0.3, 0.4) is 0 Å². The van der Waals surface area contributed by atoms with Gasteiger partial charge in [0.25, 0.3) is 0 Å². The first-order valence-electron chi connectivity index (χ1n) is 9.36. The quantitative estimate of drug-likeness (QED) is 0.199. The number of para-hydroxylation sites is 1. The number of benzene rings is 2. The van der Waals surface area contributed by atoms with E-state index in [1.165, 1.54) is 48.0 Å². The highest BCUT2D eigenvalue weighted by Gasteiger charge is 2.34. The predicted octanol–water partition coefficient (Wildman–Crippen LogP) is 6.64. The minimum Gasteiger partial charge on any atom is -0.325 e. The second-order valence-corrected chi connectivity index (χ2v) is 9.00. The van der Waals surface area contributed by atoms with Crippen LogP contribution in [0.1, 0.15) is 12.5 Å². The first-order chi connectivity index (χ1) is 15.2. The fraction of sp³-hybridized carbons (Fsp3) is 0.136. The molecule has 32 heavy (non-hydrogen) atoms. The van der Waals surface area contributed by atoms with Crippen LogP contribution < -0.4 is 5.32 Å². The molecule has 0 aliphatic rings. The standard InChI is InChI=1S/C22H15F4N3OS2/c1-12(19(30)29-17-5-3-2-4-16(17)22(24,25)26)32-21-18-15(10-31-20(18)27-11-28-21)13-6-8-14(23)9-7-13/h2-12H,1H3,(H,29,30). The second-order valence-electron chi connectivity index (χ2n) is 6.81. The number of nitrogens with zero attached hydrogens (tertiary/aromatic N) is 2. The molecule has 1 amide bonds. The van der Waals surface area contributed by atoms with Gasteiger partial charge in [0.1, 0.15) is 22.0 Å². The van der Waals surface area contributed by atoms with Crippen molar-refractivity contribution in [2.75, 3.05) is 5.32 Å². The molecule has 1 unspecified atom stereocenters. The first kappa shape index (κ1) is 22.2. The number of carbonyl (C=O) groups is 1. The van der Waals surface area contributed by atoms with Crippen molar-refractivity contribution < 1.29 is 22.4 Å². The van der Waals surface area contributed by atoms with E-state index < -0.39 is 22.9 Å². The van der Waals surface area contributed by atoms with Crippen LogP contribution in [0.15, 0.2) is 65.3 Å². The van der Waals surface area contributed by atoms with Crippen molar-refractivity contribution in [2.24, 2.45) is 0 Å². The number of carbonyl (C=O) groups excluding carboxylic acids is 1. The molecule has 0 fully saturated rings. The monoisotopic (exact) mass is 477 g/mol. The fourth-order valence-electron chi connectivity index (χ4n) is 3.07. The third-order valence-electron chi connectivity index (χ3n) is 4.64. The summed E-state index contributed by atoms with van der Waals surface area (Å²) in [5, 5.41) is 4.73. The van der Waals surface area contributed by atoms with E-state index in [9.17, 15) is 22.4 Å². The molecule has 164 valence electrons. The van der Waals surface area contributed by atoms with E-state index in [0.717, 1.165) is 29.0 Å². The summed E-state index contributed by atoms with van der Waals surface area (Å²) in [7, 11) is 0. The molecule has 0 spiro atoms. The lowest BCUT2D eigenvalue weighted by Gasteiger charge is -2.16. The molecule has 2 aromatic heterocycles. The molecule has 0 radical (unpaired) electrons. The summed E-state index contributed by atoms with van der Waals surface area (Å²) in [6, 6.07) is 10.8. The number of hydrogen-bond donors (Lipinski definition) is 1. The molecule has 4 nitrogen and oxygen atoms in total. The van der Waals surface area contributed by atoms with Crippen molar-refractivity contribution in [1.82, 2.24) is 9.97 Å². The Balaban J connectivity index is 1.61. The van der Waals surface area contributed by atoms with Crippen LogP contribution in [0.2, 0.25) is 0 Å². The number of halogens is 4. The maximum Gasteiger partial charge on any atom is 0.418 e. The fourth-order valence-corrected chi connectivity index (χ4v) is 4.99. The summed E-state index contributed by atoms with van der Waals surface area (Å²) in [5.41, 5.74) is 0.355. The van der Waals surface area contributed by atoms with E-state index in [1.54, 1.807) is 19.1 Å². The van der Waals surface area contributed by atoms with Gasteiger partial charge in [-0.1, -0.05) is 36.0 Å². The third-order valence-corrected chi connectivity index (χ3v) is 6.63. The largest absolute Gasteiger partial charge is 0.418 e. The number of nitrogens with one attached hydrogen (secondary N) is 1. The number of rotatable bonds is 5. The second kappa shape index (κ2) is 8.87. The Morgan fingerprint density at radius 1 is 1.09 bits per heavy atom. The molecule has 1 N–H and O–H groups in total. The van der Waals surface area contributed by atoms with Crippen molar-refractivity contribution in [3.05, 3.63) is 71.6 Å². The van der Waals surface area contributed by atoms with Crippen LogP contribution in [-0.2, 0) is 11.0 Å². The molecule has 0 saturated heterocycles. The molecule has 0 bridgehead atoms. The third kappa shape index (κ3) is 4.61. The van der Waals surface area contributed by atoms with E-state index in [-0.39, 0.29) is 11.5 Å². The minimum absolute atomic E-state index is 0.298. The zero-order chi connectivity index (χ0) is 22.9. The van der Waals surface area contributed by atoms with Crippen molar-refractivity contribution in [2.45, 2.75) is 23.4 Å². The lowest BCUT2D eigenvalue weighted by atomic mass is 10.1. The maximum atomic E-state index is 13.3. The minimum atomic E-state index is -4.58. The van der Waals surface area contributed by atoms with Crippen LogP contribution >= 0.6 is 23.1 Å². The first-order valence-corrected chi connectivity index (χ1v) is 11.1. The Kier molecular flexibility index (Phi) is 6.16. The topological polar surface area (TPSA) is 54.9 Å². The van der Waals surface area contributed by atoms with Gasteiger partial charge in [-0.2, -0.15) is 13.2 Å². The Bertz CT molecular complexity index is 1270. The normalized spacial score (nSPS) is 12.7. The van der Waals surface area contributed by atoms with Crippen molar-refractivity contribution in [1.29, 1.82) is 0 Å². The summed E-state index contributed by atoms with van der Waals surface area (Å²) in [5.74, 6) is -0.944. The molecular formula is C22H15F4N3OS2. The highest BCUT2D eigenvalue weighted by atomic mass is 32.2. The summed E-state index contributed by atoms with van der Waals surface area (Å²) in [4.78, 5) is 21.9. The van der Waals surface area contributed by atoms with Crippen LogP contribution in [0, 0.1) is 5.82 Å². The van der Waals surface area contributed by atoms with E-state index >= 15 is 0 Å². The maximum absolute atomic E-state index is 13.3. The van der Waals surface area contributed by atoms with E-state index in [1.807, 2.05) is 5.38 Å². The van der Waals surface area contributed by atoms with Gasteiger partial charge in [0.2, 0.25) is 5.91 Å². The van der Waals surface area contributed by atoms with Gasteiger partial charge in [0.15, 0.2) is 0 Å². The summed E-state index contributed by atoms with van der Waals surface area (Å²) in [6.07, 6.45) is -3.21. The summed E-state index contributed by atoms with van der Waals surface area (Å²) < 4.78 is 53.0. The number of anilines is 1. The van der Waals surface area contributed by atoms with Crippen LogP contribution in [-0.4, -0.2) is 21.1 Å². The lowest BCUT2D eigenvalue weighted by molar-refractivity contribution is -0.137. The van der Waals surface area contributed by atoms with E-state index in [2.05, 4.69) is 15.3 Å². The SMILES string of the molecule is CC(Sc1ncnc2scc(-c3ccc(F)cc3)c12)C(=O)Nc1ccccc1C(F)(F)F. The number of amides is 1. The van der Waals surface area contributed by atoms with Gasteiger partial charge in [-0.25, -0.2) is 14.4 Å². The number of aromatic nitrogens is 2. The average Bonchev–Trinajstić information content (AvgIpc) is 3.19.